The van der Waals surface area contributed by atoms with Crippen molar-refractivity contribution in [1.29, 1.82) is 0 Å². The molecule has 0 N–H and O–H groups in total. The standard InChI is InChI=1S/C8H19N2.GeH4/c1-6-7-8(9(2)3)10(4)5;/h8H,1,6-7H2,2-5H3;1H4. The Morgan fingerprint density at radius 2 is 1.45 bits per heavy atom. The molecule has 69 valence electrons. The third-order valence-corrected chi connectivity index (χ3v) is 1.65. The first-order valence-electron chi connectivity index (χ1n) is 3.71. The second-order valence-corrected chi connectivity index (χ2v) is 3.05. The van der Waals surface area contributed by atoms with Crippen molar-refractivity contribution in [3.05, 3.63) is 6.92 Å². The molecule has 0 saturated carbocycles. The molecule has 0 aromatic carbocycles. The van der Waals surface area contributed by atoms with Crippen molar-refractivity contribution in [3.8, 4) is 0 Å². The first-order chi connectivity index (χ1) is 4.59. The second-order valence-electron chi connectivity index (χ2n) is 3.05. The van der Waals surface area contributed by atoms with Crippen LogP contribution in [0.3, 0.4) is 0 Å². The van der Waals surface area contributed by atoms with Crippen LogP contribution in [-0.4, -0.2) is 61.8 Å². The quantitative estimate of drug-likeness (QED) is 0.469. The molecule has 0 fully saturated rings. The van der Waals surface area contributed by atoms with Crippen LogP contribution in [-0.2, 0) is 0 Å². The minimum atomic E-state index is 0. The Bertz CT molecular complexity index is 76.2. The van der Waals surface area contributed by atoms with Crippen molar-refractivity contribution < 1.29 is 0 Å². The second kappa shape index (κ2) is 7.13. The number of nitrogens with zero attached hydrogens (tertiary/aromatic N) is 2. The van der Waals surface area contributed by atoms with E-state index in [2.05, 4.69) is 44.9 Å². The molecule has 2 nitrogen and oxygen atoms in total. The molecule has 0 aliphatic carbocycles. The van der Waals surface area contributed by atoms with Crippen LogP contribution < -0.4 is 0 Å². The predicted molar refractivity (Wildman–Crippen MR) is 57.1 cm³/mol. The number of rotatable bonds is 4. The van der Waals surface area contributed by atoms with Gasteiger partial charge in [0.2, 0.25) is 0 Å². The van der Waals surface area contributed by atoms with Gasteiger partial charge in [-0.15, -0.1) is 0 Å². The fraction of sp³-hybridized carbons (Fsp3) is 0.875. The Kier molecular flexibility index (Phi) is 9.08. The Morgan fingerprint density at radius 1 is 1.09 bits per heavy atom. The zero-order chi connectivity index (χ0) is 8.15. The Hall–Kier alpha value is 0.463. The Labute approximate surface area is 81.9 Å². The van der Waals surface area contributed by atoms with Crippen molar-refractivity contribution in [1.82, 2.24) is 9.80 Å². The SMILES string of the molecule is [CH2]CCC(N(C)C)N(C)C.[GeH4]. The molecule has 0 atom stereocenters. The van der Waals surface area contributed by atoms with E-state index in [-0.39, 0.29) is 17.6 Å². The minimum absolute atomic E-state index is 0. The molecule has 0 heterocycles. The third kappa shape index (κ3) is 5.70. The number of hydrogen-bond acceptors (Lipinski definition) is 2. The summed E-state index contributed by atoms with van der Waals surface area (Å²) >= 11 is 0. The first-order valence-corrected chi connectivity index (χ1v) is 3.71. The first kappa shape index (κ1) is 14.0. The molecule has 0 saturated heterocycles. The Balaban J connectivity index is 0. The molecular formula is C8H23GeN2. The van der Waals surface area contributed by atoms with Crippen LogP contribution in [0.25, 0.3) is 0 Å². The summed E-state index contributed by atoms with van der Waals surface area (Å²) in [5.74, 6) is 0. The van der Waals surface area contributed by atoms with E-state index in [9.17, 15) is 0 Å². The van der Waals surface area contributed by atoms with Gasteiger partial charge in [-0.3, -0.25) is 9.80 Å². The van der Waals surface area contributed by atoms with Gasteiger partial charge in [-0.2, -0.15) is 0 Å². The fourth-order valence-corrected chi connectivity index (χ4v) is 1.16. The van der Waals surface area contributed by atoms with Gasteiger partial charge in [0.1, 0.15) is 0 Å². The summed E-state index contributed by atoms with van der Waals surface area (Å²) in [5, 5.41) is 0. The third-order valence-electron chi connectivity index (χ3n) is 1.65. The van der Waals surface area contributed by atoms with Gasteiger partial charge in [-0.1, -0.05) is 13.3 Å². The monoisotopic (exact) mass is 221 g/mol. The molecule has 0 rings (SSSR count). The summed E-state index contributed by atoms with van der Waals surface area (Å²) in [6.45, 7) is 3.84. The molecule has 0 bridgehead atoms. The van der Waals surface area contributed by atoms with Crippen LogP contribution in [0.2, 0.25) is 0 Å². The van der Waals surface area contributed by atoms with E-state index >= 15 is 0 Å². The van der Waals surface area contributed by atoms with Crippen molar-refractivity contribution >= 4 is 17.6 Å². The van der Waals surface area contributed by atoms with Gasteiger partial charge < -0.3 is 0 Å². The van der Waals surface area contributed by atoms with Gasteiger partial charge in [0.15, 0.2) is 0 Å². The van der Waals surface area contributed by atoms with Gasteiger partial charge in [0.05, 0.1) is 6.17 Å². The maximum atomic E-state index is 3.84. The van der Waals surface area contributed by atoms with E-state index in [0.29, 0.717) is 6.17 Å². The summed E-state index contributed by atoms with van der Waals surface area (Å²) in [5.41, 5.74) is 0. The van der Waals surface area contributed by atoms with E-state index in [0.717, 1.165) is 12.8 Å². The number of hydrogen-bond donors (Lipinski definition) is 0. The van der Waals surface area contributed by atoms with Crippen molar-refractivity contribution in [2.45, 2.75) is 19.0 Å². The van der Waals surface area contributed by atoms with Crippen LogP contribution in [0.5, 0.6) is 0 Å². The van der Waals surface area contributed by atoms with Crippen molar-refractivity contribution in [3.63, 3.8) is 0 Å². The summed E-state index contributed by atoms with van der Waals surface area (Å²) < 4.78 is 0. The topological polar surface area (TPSA) is 6.48 Å². The summed E-state index contributed by atoms with van der Waals surface area (Å²) in [4.78, 5) is 4.43. The fourth-order valence-electron chi connectivity index (χ4n) is 1.16. The van der Waals surface area contributed by atoms with Crippen LogP contribution in [0.4, 0.5) is 0 Å². The molecule has 0 aromatic heterocycles. The van der Waals surface area contributed by atoms with Gasteiger partial charge >= 0.3 is 17.6 Å². The van der Waals surface area contributed by atoms with E-state index in [4.69, 9.17) is 0 Å². The molecule has 3 heteroatoms. The molecule has 0 amide bonds. The predicted octanol–water partition coefficient (Wildman–Crippen LogP) is -0.402. The molecule has 0 aliphatic heterocycles. The molecule has 0 spiro atoms. The van der Waals surface area contributed by atoms with E-state index < -0.39 is 0 Å². The van der Waals surface area contributed by atoms with Crippen molar-refractivity contribution in [2.75, 3.05) is 28.2 Å². The van der Waals surface area contributed by atoms with Crippen LogP contribution in [0, 0.1) is 6.92 Å². The van der Waals surface area contributed by atoms with Crippen LogP contribution in [0.15, 0.2) is 0 Å². The molecule has 0 aliphatic rings. The zero-order valence-corrected chi connectivity index (χ0v) is 7.59. The Morgan fingerprint density at radius 3 is 1.55 bits per heavy atom. The zero-order valence-electron chi connectivity index (χ0n) is 7.59. The normalized spacial score (nSPS) is 10.9. The van der Waals surface area contributed by atoms with Crippen molar-refractivity contribution in [2.24, 2.45) is 0 Å². The molecular weight excluding hydrogens is 197 g/mol. The average Bonchev–Trinajstić information content (AvgIpc) is 1.81. The van der Waals surface area contributed by atoms with E-state index in [1.54, 1.807) is 0 Å². The van der Waals surface area contributed by atoms with E-state index in [1.165, 1.54) is 0 Å². The van der Waals surface area contributed by atoms with Gasteiger partial charge in [-0.25, -0.2) is 0 Å². The van der Waals surface area contributed by atoms with E-state index in [1.807, 2.05) is 0 Å². The molecule has 0 aromatic rings. The van der Waals surface area contributed by atoms with Gasteiger partial charge in [-0.05, 0) is 34.6 Å². The summed E-state index contributed by atoms with van der Waals surface area (Å²) in [6.07, 6.45) is 2.68. The molecule has 1 radical (unpaired) electrons. The van der Waals surface area contributed by atoms with Crippen LogP contribution in [0.1, 0.15) is 12.8 Å². The average molecular weight is 220 g/mol. The molecule has 0 unspecified atom stereocenters. The molecule has 11 heavy (non-hydrogen) atoms. The summed E-state index contributed by atoms with van der Waals surface area (Å²) in [7, 11) is 8.39. The van der Waals surface area contributed by atoms with Crippen LogP contribution >= 0.6 is 0 Å². The maximum absolute atomic E-state index is 3.84. The summed E-state index contributed by atoms with van der Waals surface area (Å²) in [6, 6.07) is 0. The van der Waals surface area contributed by atoms with Gasteiger partial charge in [0, 0.05) is 0 Å². The van der Waals surface area contributed by atoms with Gasteiger partial charge in [0.25, 0.3) is 0 Å².